The summed E-state index contributed by atoms with van der Waals surface area (Å²) in [5.41, 5.74) is 0.511. The number of carbonyl (C=O) groups excluding carboxylic acids is 2. The zero-order valence-electron chi connectivity index (χ0n) is 10.6. The van der Waals surface area contributed by atoms with Gasteiger partial charge in [-0.2, -0.15) is 0 Å². The van der Waals surface area contributed by atoms with Crippen molar-refractivity contribution in [2.45, 2.75) is 19.0 Å². The van der Waals surface area contributed by atoms with Crippen molar-refractivity contribution in [2.24, 2.45) is 0 Å². The molecule has 1 saturated heterocycles. The van der Waals surface area contributed by atoms with Gasteiger partial charge in [-0.1, -0.05) is 6.07 Å². The SMILES string of the molecule is O=C([O-])C[C@H]1C(=O)NCC[NH+]1Cc1ccc(F)c(F)c1. The fraction of sp³-hybridized carbons (Fsp3) is 0.385. The highest BCUT2D eigenvalue weighted by Crippen LogP contribution is 2.08. The van der Waals surface area contributed by atoms with Crippen LogP contribution in [0.3, 0.4) is 0 Å². The first-order valence-electron chi connectivity index (χ1n) is 6.23. The largest absolute Gasteiger partial charge is 0.550 e. The molecule has 1 aliphatic heterocycles. The van der Waals surface area contributed by atoms with Crippen LogP contribution in [0.4, 0.5) is 8.78 Å². The lowest BCUT2D eigenvalue weighted by molar-refractivity contribution is -0.930. The molecule has 5 nitrogen and oxygen atoms in total. The second kappa shape index (κ2) is 5.96. The molecule has 0 aromatic heterocycles. The molecule has 2 atom stereocenters. The van der Waals surface area contributed by atoms with E-state index in [2.05, 4.69) is 5.32 Å². The lowest BCUT2D eigenvalue weighted by Gasteiger charge is -2.32. The highest BCUT2D eigenvalue weighted by atomic mass is 19.2. The second-order valence-corrected chi connectivity index (χ2v) is 4.75. The van der Waals surface area contributed by atoms with Crippen LogP contribution < -0.4 is 15.3 Å². The topological polar surface area (TPSA) is 73.7 Å². The first kappa shape index (κ1) is 14.4. The number of carboxylic acid groups (broad SMARTS) is 1. The van der Waals surface area contributed by atoms with Gasteiger partial charge in [-0.15, -0.1) is 0 Å². The third kappa shape index (κ3) is 3.30. The first-order chi connectivity index (χ1) is 9.47. The number of rotatable bonds is 4. The van der Waals surface area contributed by atoms with Gasteiger partial charge in [-0.05, 0) is 12.1 Å². The maximum Gasteiger partial charge on any atom is 0.278 e. The van der Waals surface area contributed by atoms with E-state index >= 15 is 0 Å². The molecule has 7 heteroatoms. The van der Waals surface area contributed by atoms with Crippen molar-refractivity contribution in [3.63, 3.8) is 0 Å². The van der Waals surface area contributed by atoms with Gasteiger partial charge in [0.2, 0.25) is 0 Å². The molecule has 2 rings (SSSR count). The predicted octanol–water partition coefficient (Wildman–Crippen LogP) is -2.01. The molecule has 1 amide bonds. The summed E-state index contributed by atoms with van der Waals surface area (Å²) in [4.78, 5) is 23.1. The van der Waals surface area contributed by atoms with E-state index in [0.29, 0.717) is 23.6 Å². The van der Waals surface area contributed by atoms with Crippen molar-refractivity contribution in [1.29, 1.82) is 0 Å². The third-order valence-corrected chi connectivity index (χ3v) is 3.34. The molecule has 1 heterocycles. The molecule has 0 radical (unpaired) electrons. The molecule has 1 aromatic carbocycles. The maximum atomic E-state index is 13.1. The van der Waals surface area contributed by atoms with Crippen molar-refractivity contribution < 1.29 is 28.4 Å². The van der Waals surface area contributed by atoms with E-state index in [1.54, 1.807) is 0 Å². The zero-order valence-corrected chi connectivity index (χ0v) is 10.6. The highest BCUT2D eigenvalue weighted by molar-refractivity contribution is 5.84. The van der Waals surface area contributed by atoms with Crippen molar-refractivity contribution in [2.75, 3.05) is 13.1 Å². The van der Waals surface area contributed by atoms with Crippen molar-refractivity contribution >= 4 is 11.9 Å². The summed E-state index contributed by atoms with van der Waals surface area (Å²) in [5.74, 6) is -3.57. The van der Waals surface area contributed by atoms with Crippen LogP contribution in [0.15, 0.2) is 18.2 Å². The van der Waals surface area contributed by atoms with Crippen LogP contribution in [0.25, 0.3) is 0 Å². The highest BCUT2D eigenvalue weighted by Gasteiger charge is 2.33. The number of piperazine rings is 1. The standard InChI is InChI=1S/C13H14F2N2O3/c14-9-2-1-8(5-10(9)15)7-17-4-3-16-13(20)11(17)6-12(18)19/h1-2,5,11H,3-4,6-7H2,(H,16,20)(H,18,19)/t11-/m0/s1. The normalized spacial score (nSPS) is 22.4. The Kier molecular flexibility index (Phi) is 4.29. The summed E-state index contributed by atoms with van der Waals surface area (Å²) in [6.45, 7) is 1.19. The van der Waals surface area contributed by atoms with E-state index < -0.39 is 30.1 Å². The molecule has 1 aliphatic rings. The van der Waals surface area contributed by atoms with Crippen LogP contribution in [-0.2, 0) is 16.1 Å². The lowest BCUT2D eigenvalue weighted by atomic mass is 10.1. The van der Waals surface area contributed by atoms with E-state index in [1.807, 2.05) is 0 Å². The summed E-state index contributed by atoms with van der Waals surface area (Å²) in [6, 6.07) is 2.72. The van der Waals surface area contributed by atoms with Gasteiger partial charge in [-0.3, -0.25) is 4.79 Å². The molecule has 20 heavy (non-hydrogen) atoms. The number of halogens is 2. The van der Waals surface area contributed by atoms with Gasteiger partial charge in [0.25, 0.3) is 5.91 Å². The monoisotopic (exact) mass is 284 g/mol. The molecule has 0 spiro atoms. The van der Waals surface area contributed by atoms with E-state index in [1.165, 1.54) is 6.07 Å². The molecule has 0 aliphatic carbocycles. The van der Waals surface area contributed by atoms with E-state index in [0.717, 1.165) is 12.1 Å². The van der Waals surface area contributed by atoms with Crippen LogP contribution in [0.1, 0.15) is 12.0 Å². The quantitative estimate of drug-likeness (QED) is 0.671. The lowest BCUT2D eigenvalue weighted by Crippen LogP contribution is -3.18. The number of carbonyl (C=O) groups is 2. The molecule has 1 fully saturated rings. The van der Waals surface area contributed by atoms with Gasteiger partial charge in [0.05, 0.1) is 13.1 Å². The molecular weight excluding hydrogens is 270 g/mol. The minimum Gasteiger partial charge on any atom is -0.550 e. The molecule has 1 unspecified atom stereocenters. The van der Waals surface area contributed by atoms with E-state index in [4.69, 9.17) is 0 Å². The van der Waals surface area contributed by atoms with Gasteiger partial charge in [0.15, 0.2) is 17.7 Å². The average Bonchev–Trinajstić information content (AvgIpc) is 2.38. The van der Waals surface area contributed by atoms with Gasteiger partial charge >= 0.3 is 0 Å². The number of hydrogen-bond acceptors (Lipinski definition) is 3. The summed E-state index contributed by atoms with van der Waals surface area (Å²) in [7, 11) is 0. The number of benzene rings is 1. The Morgan fingerprint density at radius 2 is 2.15 bits per heavy atom. The third-order valence-electron chi connectivity index (χ3n) is 3.34. The molecule has 0 saturated carbocycles. The fourth-order valence-corrected chi connectivity index (χ4v) is 2.36. The van der Waals surface area contributed by atoms with Crippen LogP contribution in [-0.4, -0.2) is 31.0 Å². The Hall–Kier alpha value is -2.02. The number of nitrogens with one attached hydrogen (secondary N) is 2. The molecular formula is C13H14F2N2O3. The number of quaternary nitrogens is 1. The molecule has 2 N–H and O–H groups in total. The second-order valence-electron chi connectivity index (χ2n) is 4.75. The van der Waals surface area contributed by atoms with Gasteiger partial charge in [0, 0.05) is 18.0 Å². The minimum absolute atomic E-state index is 0.253. The average molecular weight is 284 g/mol. The van der Waals surface area contributed by atoms with Crippen LogP contribution >= 0.6 is 0 Å². The Morgan fingerprint density at radius 3 is 2.80 bits per heavy atom. The van der Waals surface area contributed by atoms with Crippen LogP contribution in [0, 0.1) is 11.6 Å². The molecule has 108 valence electrons. The Morgan fingerprint density at radius 1 is 1.40 bits per heavy atom. The zero-order chi connectivity index (χ0) is 14.7. The van der Waals surface area contributed by atoms with Gasteiger partial charge in [0.1, 0.15) is 6.54 Å². The fourth-order valence-electron chi connectivity index (χ4n) is 2.36. The summed E-state index contributed by atoms with van der Waals surface area (Å²) in [6.07, 6.45) is -0.398. The van der Waals surface area contributed by atoms with Crippen LogP contribution in [0.5, 0.6) is 0 Å². The Labute approximate surface area is 114 Å². The number of carboxylic acids is 1. The predicted molar refractivity (Wildman–Crippen MR) is 62.3 cm³/mol. The van der Waals surface area contributed by atoms with Crippen molar-refractivity contribution in [3.8, 4) is 0 Å². The summed E-state index contributed by atoms with van der Waals surface area (Å²) in [5, 5.41) is 13.3. The van der Waals surface area contributed by atoms with E-state index in [9.17, 15) is 23.5 Å². The van der Waals surface area contributed by atoms with Gasteiger partial charge in [-0.25, -0.2) is 8.78 Å². The first-order valence-corrected chi connectivity index (χ1v) is 6.23. The number of hydrogen-bond donors (Lipinski definition) is 2. The number of amides is 1. The van der Waals surface area contributed by atoms with Gasteiger partial charge < -0.3 is 20.1 Å². The Bertz CT molecular complexity index is 536. The smallest absolute Gasteiger partial charge is 0.278 e. The summed E-state index contributed by atoms with van der Waals surface area (Å²) >= 11 is 0. The van der Waals surface area contributed by atoms with Crippen molar-refractivity contribution in [3.05, 3.63) is 35.4 Å². The van der Waals surface area contributed by atoms with Crippen LogP contribution in [0.2, 0.25) is 0 Å². The summed E-state index contributed by atoms with van der Waals surface area (Å²) < 4.78 is 26.0. The Balaban J connectivity index is 2.13. The molecule has 0 bridgehead atoms. The minimum atomic E-state index is -1.31. The van der Waals surface area contributed by atoms with E-state index in [-0.39, 0.29) is 12.5 Å². The number of aliphatic carboxylic acids is 1. The molecule has 1 aromatic rings. The maximum absolute atomic E-state index is 13.1. The van der Waals surface area contributed by atoms with Crippen molar-refractivity contribution in [1.82, 2.24) is 5.32 Å².